The van der Waals surface area contributed by atoms with Crippen molar-refractivity contribution in [3.8, 4) is 11.5 Å². The second kappa shape index (κ2) is 12.9. The summed E-state index contributed by atoms with van der Waals surface area (Å²) >= 11 is 0. The van der Waals surface area contributed by atoms with Gasteiger partial charge in [-0.05, 0) is 91.4 Å². The van der Waals surface area contributed by atoms with Gasteiger partial charge in [0.25, 0.3) is 0 Å². The molecule has 214 valence electrons. The molecule has 0 fully saturated rings. The summed E-state index contributed by atoms with van der Waals surface area (Å²) in [7, 11) is -4.09. The second-order valence-electron chi connectivity index (χ2n) is 13.4. The first-order chi connectivity index (χ1) is 18.7. The summed E-state index contributed by atoms with van der Waals surface area (Å²) in [4.78, 5) is 0. The van der Waals surface area contributed by atoms with Gasteiger partial charge < -0.3 is 0 Å². The van der Waals surface area contributed by atoms with E-state index in [0.717, 1.165) is 38.2 Å². The van der Waals surface area contributed by atoms with E-state index in [-0.39, 0.29) is 23.7 Å². The molecule has 0 nitrogen and oxygen atoms in total. The monoisotopic (exact) mass is 554 g/mol. The fourth-order valence-electron chi connectivity index (χ4n) is 5.64. The number of rotatable bonds is 8. The third kappa shape index (κ3) is 6.63. The van der Waals surface area contributed by atoms with Crippen LogP contribution in [0.15, 0.2) is 54.6 Å². The Hall–Kier alpha value is -2.63. The van der Waals surface area contributed by atoms with Crippen molar-refractivity contribution in [3.05, 3.63) is 93.5 Å². The van der Waals surface area contributed by atoms with Crippen LogP contribution in [0.2, 0.25) is 0 Å². The number of hydrogen-bond donors (Lipinski definition) is 0. The minimum atomic E-state index is -4.09. The van der Waals surface area contributed by atoms with Gasteiger partial charge in [0.2, 0.25) is 0 Å². The molecule has 0 radical (unpaired) electrons. The van der Waals surface area contributed by atoms with Crippen LogP contribution in [-0.4, -0.2) is 8.41 Å². The average molecular weight is 555 g/mol. The molecule has 3 aromatic rings. The lowest BCUT2D eigenvalue weighted by Gasteiger charge is -2.33. The first kappa shape index (κ1) is 31.9. The summed E-state index contributed by atoms with van der Waals surface area (Å²) in [5.41, 5.74) is 11.4. The Morgan fingerprint density at radius 1 is 0.500 bits per heavy atom. The molecule has 0 aliphatic heterocycles. The van der Waals surface area contributed by atoms with Crippen molar-refractivity contribution < 1.29 is 4.11 Å². The molecule has 2 heteroatoms. The van der Waals surface area contributed by atoms with Gasteiger partial charge in [0.05, 0.1) is 0 Å². The minimum absolute atomic E-state index is 0.187. The minimum Gasteiger partial charge on any atom is -0.285 e. The van der Waals surface area contributed by atoms with Crippen LogP contribution >= 0.6 is 0 Å². The van der Waals surface area contributed by atoms with Gasteiger partial charge in [-0.15, -0.1) is 0 Å². The zero-order valence-electron chi connectivity index (χ0n) is 27.0. The van der Waals surface area contributed by atoms with E-state index in [1.165, 1.54) is 11.1 Å². The fourth-order valence-corrected chi connectivity index (χ4v) is 9.49. The smallest absolute Gasteiger partial charge is 0.285 e. The summed E-state index contributed by atoms with van der Waals surface area (Å²) in [5.74, 6) is 4.85. The van der Waals surface area contributed by atoms with E-state index in [1.54, 1.807) is 0 Å². The second-order valence-corrected chi connectivity index (χ2v) is 15.9. The molecule has 0 saturated carbocycles. The summed E-state index contributed by atoms with van der Waals surface area (Å²) in [6.45, 7) is 26.6. The van der Waals surface area contributed by atoms with Crippen molar-refractivity contribution in [2.24, 2.45) is 0 Å². The van der Waals surface area contributed by atoms with Crippen LogP contribution in [0.4, 0.5) is 4.11 Å². The topological polar surface area (TPSA) is 0 Å². The van der Waals surface area contributed by atoms with Crippen LogP contribution in [0.3, 0.4) is 0 Å². The van der Waals surface area contributed by atoms with Gasteiger partial charge in [-0.1, -0.05) is 137 Å². The van der Waals surface area contributed by atoms with Gasteiger partial charge in [0.15, 0.2) is 0 Å². The van der Waals surface area contributed by atoms with Crippen LogP contribution in [0.1, 0.15) is 158 Å². The Labute approximate surface area is 246 Å². The lowest BCUT2D eigenvalue weighted by Crippen LogP contribution is -2.59. The molecule has 3 rings (SSSR count). The number of hydrogen-bond acceptors (Lipinski definition) is 0. The van der Waals surface area contributed by atoms with Gasteiger partial charge in [-0.2, -0.15) is 0 Å². The predicted molar refractivity (Wildman–Crippen MR) is 177 cm³/mol. The Morgan fingerprint density at radius 3 is 1.10 bits per heavy atom. The highest BCUT2D eigenvalue weighted by Gasteiger charge is 2.46. The highest BCUT2D eigenvalue weighted by molar-refractivity contribution is 7.04. The normalized spacial score (nSPS) is 12.3. The maximum Gasteiger partial charge on any atom is 0.386 e. The quantitative estimate of drug-likeness (QED) is 0.148. The molecule has 0 aliphatic rings. The van der Waals surface area contributed by atoms with Crippen LogP contribution in [0.5, 0.6) is 0 Å². The van der Waals surface area contributed by atoms with Crippen molar-refractivity contribution in [2.75, 3.05) is 0 Å². The molecular weight excluding hydrogens is 504 g/mol. The summed E-state index contributed by atoms with van der Waals surface area (Å²) < 4.78 is 19.1. The molecule has 40 heavy (non-hydrogen) atoms. The summed E-state index contributed by atoms with van der Waals surface area (Å²) in [6, 6.07) is 19.1. The molecule has 0 aliphatic carbocycles. The largest absolute Gasteiger partial charge is 0.386 e. The van der Waals surface area contributed by atoms with Crippen molar-refractivity contribution in [3.63, 3.8) is 0 Å². The highest BCUT2D eigenvalue weighted by Crippen LogP contribution is 2.33. The SMILES string of the molecule is CC(C)c1cc(C(C)C)c([Si](F)(C#Cc2ccccc2)c2c(C(C)C)cc(C(C)C)cc2C(C)C)c(C(C)C)c1. The molecule has 0 N–H and O–H groups in total. The summed E-state index contributed by atoms with van der Waals surface area (Å²) in [6.07, 6.45) is 0. The van der Waals surface area contributed by atoms with Gasteiger partial charge in [-0.3, -0.25) is 4.11 Å². The van der Waals surface area contributed by atoms with E-state index >= 15 is 4.11 Å². The van der Waals surface area contributed by atoms with Crippen LogP contribution in [-0.2, 0) is 0 Å². The first-order valence-electron chi connectivity index (χ1n) is 15.3. The molecular formula is C38H51FSi. The molecule has 0 unspecified atom stereocenters. The average Bonchev–Trinajstić information content (AvgIpc) is 2.90. The van der Waals surface area contributed by atoms with Crippen molar-refractivity contribution in [1.29, 1.82) is 0 Å². The zero-order valence-corrected chi connectivity index (χ0v) is 28.0. The number of halogens is 1. The Bertz CT molecular complexity index is 1230. The maximum absolute atomic E-state index is 19.1. The van der Waals surface area contributed by atoms with E-state index in [1.807, 2.05) is 30.3 Å². The lowest BCUT2D eigenvalue weighted by atomic mass is 9.89. The third-order valence-electron chi connectivity index (χ3n) is 8.11. The lowest BCUT2D eigenvalue weighted by molar-refractivity contribution is 0.784. The standard InChI is InChI=1S/C38H51FSi/c1-24(2)31-20-33(26(5)6)37(34(21-31)27(7)8)40(39,19-18-30-16-14-13-15-17-30)38-35(28(9)10)22-32(25(3)4)23-36(38)29(11)12/h13-17,20-29H,1-12H3. The van der Waals surface area contributed by atoms with Crippen LogP contribution < -0.4 is 10.4 Å². The molecule has 0 aromatic heterocycles. The van der Waals surface area contributed by atoms with Gasteiger partial charge >= 0.3 is 8.41 Å². The highest BCUT2D eigenvalue weighted by atomic mass is 28.4. The van der Waals surface area contributed by atoms with E-state index in [2.05, 4.69) is 119 Å². The van der Waals surface area contributed by atoms with E-state index < -0.39 is 8.41 Å². The Balaban J connectivity index is 2.63. The predicted octanol–water partition coefficient (Wildman–Crippen LogP) is 10.0. The number of benzene rings is 3. The Kier molecular flexibility index (Phi) is 10.3. The molecule has 0 bridgehead atoms. The first-order valence-corrected chi connectivity index (χ1v) is 17.2. The molecule has 3 aromatic carbocycles. The molecule has 0 heterocycles. The van der Waals surface area contributed by atoms with Gasteiger partial charge in [-0.25, -0.2) is 0 Å². The zero-order chi connectivity index (χ0) is 29.9. The van der Waals surface area contributed by atoms with Crippen molar-refractivity contribution in [1.82, 2.24) is 0 Å². The molecule has 0 spiro atoms. The van der Waals surface area contributed by atoms with Crippen LogP contribution in [0.25, 0.3) is 0 Å². The van der Waals surface area contributed by atoms with Crippen molar-refractivity contribution >= 4 is 18.8 Å². The van der Waals surface area contributed by atoms with Gasteiger partial charge in [0, 0.05) is 5.56 Å². The van der Waals surface area contributed by atoms with Crippen LogP contribution in [0, 0.1) is 11.5 Å². The van der Waals surface area contributed by atoms with E-state index in [9.17, 15) is 0 Å². The van der Waals surface area contributed by atoms with Crippen molar-refractivity contribution in [2.45, 2.75) is 119 Å². The third-order valence-corrected chi connectivity index (χ3v) is 11.1. The summed E-state index contributed by atoms with van der Waals surface area (Å²) in [5, 5.41) is 1.79. The maximum atomic E-state index is 19.1. The fraction of sp³-hybridized carbons (Fsp3) is 0.474. The molecule has 0 amide bonds. The molecule has 0 saturated heterocycles. The molecule has 0 atom stereocenters. The van der Waals surface area contributed by atoms with Gasteiger partial charge in [0.1, 0.15) is 0 Å². The van der Waals surface area contributed by atoms with E-state index in [0.29, 0.717) is 11.8 Å². The van der Waals surface area contributed by atoms with E-state index in [4.69, 9.17) is 0 Å². The Morgan fingerprint density at radius 2 is 0.825 bits per heavy atom.